The van der Waals surface area contributed by atoms with Gasteiger partial charge < -0.3 is 10.4 Å². The van der Waals surface area contributed by atoms with Crippen LogP contribution in [0, 0.1) is 0 Å². The molecule has 0 radical (unpaired) electrons. The number of rotatable bonds is 4. The number of hydrogen-bond donors (Lipinski definition) is 2. The summed E-state index contributed by atoms with van der Waals surface area (Å²) < 4.78 is 4.26. The van der Waals surface area contributed by atoms with Crippen LogP contribution in [0.3, 0.4) is 0 Å². The lowest BCUT2D eigenvalue weighted by atomic mass is 9.77. The van der Waals surface area contributed by atoms with Crippen molar-refractivity contribution < 1.29 is 9.90 Å². The summed E-state index contributed by atoms with van der Waals surface area (Å²) in [4.78, 5) is 15.5. The minimum Gasteiger partial charge on any atom is -0.480 e. The highest BCUT2D eigenvalue weighted by Gasteiger charge is 2.45. The van der Waals surface area contributed by atoms with Crippen LogP contribution in [0.2, 0.25) is 0 Å². The third kappa shape index (κ3) is 1.57. The van der Waals surface area contributed by atoms with Crippen LogP contribution in [0.25, 0.3) is 0 Å². The summed E-state index contributed by atoms with van der Waals surface area (Å²) in [7, 11) is 0. The van der Waals surface area contributed by atoms with Crippen LogP contribution < -0.4 is 5.32 Å². The molecule has 2 saturated carbocycles. The Balaban J connectivity index is 1.74. The van der Waals surface area contributed by atoms with Gasteiger partial charge in [0.15, 0.2) is 0 Å². The van der Waals surface area contributed by atoms with Gasteiger partial charge >= 0.3 is 5.97 Å². The van der Waals surface area contributed by atoms with Gasteiger partial charge in [-0.15, -0.1) is 0 Å². The number of aliphatic carboxylic acids is 1. The lowest BCUT2D eigenvalue weighted by Gasteiger charge is -2.37. The molecule has 2 aliphatic carbocycles. The molecule has 0 aliphatic heterocycles. The molecule has 3 rings (SSSR count). The lowest BCUT2D eigenvalue weighted by Crippen LogP contribution is -2.52. The first-order valence-electron chi connectivity index (χ1n) is 5.55. The molecule has 1 aromatic heterocycles. The van der Waals surface area contributed by atoms with Gasteiger partial charge in [-0.1, -0.05) is 0 Å². The Labute approximate surface area is 97.1 Å². The molecule has 2 fully saturated rings. The van der Waals surface area contributed by atoms with Crippen LogP contribution in [0.5, 0.6) is 0 Å². The SMILES string of the molecule is O=C(O)C1(Nc2nc(C3CC3)ns2)CCC1. The first-order chi connectivity index (χ1) is 7.70. The van der Waals surface area contributed by atoms with Gasteiger partial charge in [-0.25, -0.2) is 9.78 Å². The van der Waals surface area contributed by atoms with Crippen LogP contribution in [-0.2, 0) is 4.79 Å². The normalized spacial score (nSPS) is 22.5. The highest BCUT2D eigenvalue weighted by Crippen LogP contribution is 2.41. The molecule has 0 saturated heterocycles. The molecule has 0 amide bonds. The average Bonchev–Trinajstić information content (AvgIpc) is 2.93. The van der Waals surface area contributed by atoms with Gasteiger partial charge in [-0.05, 0) is 32.1 Å². The van der Waals surface area contributed by atoms with E-state index in [4.69, 9.17) is 5.11 Å². The fourth-order valence-corrected chi connectivity index (χ4v) is 2.67. The summed E-state index contributed by atoms with van der Waals surface area (Å²) in [5.74, 6) is 0.628. The Bertz CT molecular complexity index is 423. The first kappa shape index (κ1) is 10.0. The van der Waals surface area contributed by atoms with E-state index in [1.165, 1.54) is 24.4 Å². The molecule has 1 aromatic rings. The van der Waals surface area contributed by atoms with E-state index in [-0.39, 0.29) is 0 Å². The van der Waals surface area contributed by atoms with E-state index >= 15 is 0 Å². The zero-order valence-electron chi connectivity index (χ0n) is 8.77. The molecule has 16 heavy (non-hydrogen) atoms. The topological polar surface area (TPSA) is 75.1 Å². The standard InChI is InChI=1S/C10H13N3O2S/c14-8(15)10(4-1-5-10)12-9-11-7(13-16-9)6-2-3-6/h6H,1-5H2,(H,14,15)(H,11,12,13). The number of carboxylic acid groups (broad SMARTS) is 1. The lowest BCUT2D eigenvalue weighted by molar-refractivity contribution is -0.145. The Kier molecular flexibility index (Phi) is 2.14. The number of nitrogens with zero attached hydrogens (tertiary/aromatic N) is 2. The third-order valence-electron chi connectivity index (χ3n) is 3.35. The summed E-state index contributed by atoms with van der Waals surface area (Å²) in [6.07, 6.45) is 4.66. The predicted molar refractivity (Wildman–Crippen MR) is 59.7 cm³/mol. The van der Waals surface area contributed by atoms with Crippen molar-refractivity contribution in [3.63, 3.8) is 0 Å². The number of anilines is 1. The molecule has 0 bridgehead atoms. The van der Waals surface area contributed by atoms with E-state index < -0.39 is 11.5 Å². The minimum atomic E-state index is -0.777. The van der Waals surface area contributed by atoms with Crippen LogP contribution >= 0.6 is 11.5 Å². The molecule has 5 nitrogen and oxygen atoms in total. The van der Waals surface area contributed by atoms with E-state index in [9.17, 15) is 4.79 Å². The fraction of sp³-hybridized carbons (Fsp3) is 0.700. The van der Waals surface area contributed by atoms with Gasteiger partial charge in [0.1, 0.15) is 11.4 Å². The highest BCUT2D eigenvalue weighted by atomic mass is 32.1. The number of aromatic nitrogens is 2. The molecule has 0 atom stereocenters. The summed E-state index contributed by atoms with van der Waals surface area (Å²) in [5.41, 5.74) is -0.777. The molecular weight excluding hydrogens is 226 g/mol. The highest BCUT2D eigenvalue weighted by molar-refractivity contribution is 7.09. The Morgan fingerprint density at radius 3 is 2.75 bits per heavy atom. The van der Waals surface area contributed by atoms with Gasteiger partial charge in [0.2, 0.25) is 5.13 Å². The molecule has 6 heteroatoms. The molecule has 0 spiro atoms. The van der Waals surface area contributed by atoms with E-state index in [0.717, 1.165) is 12.2 Å². The van der Waals surface area contributed by atoms with Crippen LogP contribution in [-0.4, -0.2) is 26.0 Å². The van der Waals surface area contributed by atoms with Crippen molar-refractivity contribution in [3.8, 4) is 0 Å². The molecule has 0 unspecified atom stereocenters. The monoisotopic (exact) mass is 239 g/mol. The predicted octanol–water partition coefficient (Wildman–Crippen LogP) is 1.83. The van der Waals surface area contributed by atoms with Crippen LogP contribution in [0.15, 0.2) is 0 Å². The van der Waals surface area contributed by atoms with Crippen molar-refractivity contribution in [1.29, 1.82) is 0 Å². The first-order valence-corrected chi connectivity index (χ1v) is 6.32. The smallest absolute Gasteiger partial charge is 0.329 e. The van der Waals surface area contributed by atoms with Gasteiger partial charge in [-0.3, -0.25) is 0 Å². The van der Waals surface area contributed by atoms with E-state index in [0.29, 0.717) is 23.9 Å². The maximum absolute atomic E-state index is 11.2. The second-order valence-corrected chi connectivity index (χ2v) is 5.35. The van der Waals surface area contributed by atoms with E-state index in [1.807, 2.05) is 0 Å². The van der Waals surface area contributed by atoms with Crippen molar-refractivity contribution in [3.05, 3.63) is 5.82 Å². The molecule has 1 heterocycles. The van der Waals surface area contributed by atoms with Crippen molar-refractivity contribution in [2.75, 3.05) is 5.32 Å². The second-order valence-electron chi connectivity index (χ2n) is 4.60. The zero-order chi connectivity index (χ0) is 11.2. The molecule has 2 aliphatic rings. The minimum absolute atomic E-state index is 0.522. The van der Waals surface area contributed by atoms with Crippen molar-refractivity contribution >= 4 is 22.6 Å². The van der Waals surface area contributed by atoms with Crippen molar-refractivity contribution in [2.45, 2.75) is 43.6 Å². The van der Waals surface area contributed by atoms with Gasteiger partial charge in [0, 0.05) is 17.5 Å². The average molecular weight is 239 g/mol. The molecular formula is C10H13N3O2S. The van der Waals surface area contributed by atoms with Gasteiger partial charge in [0.25, 0.3) is 0 Å². The maximum Gasteiger partial charge on any atom is 0.329 e. The number of carbonyl (C=O) groups is 1. The zero-order valence-corrected chi connectivity index (χ0v) is 9.59. The summed E-state index contributed by atoms with van der Waals surface area (Å²) in [6, 6.07) is 0. The van der Waals surface area contributed by atoms with Crippen LogP contribution in [0.1, 0.15) is 43.8 Å². The van der Waals surface area contributed by atoms with Crippen molar-refractivity contribution in [1.82, 2.24) is 9.36 Å². The quantitative estimate of drug-likeness (QED) is 0.838. The number of carboxylic acids is 1. The summed E-state index contributed by atoms with van der Waals surface area (Å²) in [5, 5.41) is 12.9. The largest absolute Gasteiger partial charge is 0.480 e. The van der Waals surface area contributed by atoms with Gasteiger partial charge in [0.05, 0.1) is 0 Å². The molecule has 86 valence electrons. The second kappa shape index (κ2) is 3.41. The molecule has 0 aromatic carbocycles. The van der Waals surface area contributed by atoms with Crippen molar-refractivity contribution in [2.24, 2.45) is 0 Å². The number of hydrogen-bond acceptors (Lipinski definition) is 5. The Morgan fingerprint density at radius 1 is 1.50 bits per heavy atom. The van der Waals surface area contributed by atoms with Gasteiger partial charge in [-0.2, -0.15) is 4.37 Å². The Morgan fingerprint density at radius 2 is 2.25 bits per heavy atom. The summed E-state index contributed by atoms with van der Waals surface area (Å²) in [6.45, 7) is 0. The fourth-order valence-electron chi connectivity index (χ4n) is 1.92. The Hall–Kier alpha value is -1.17. The van der Waals surface area contributed by atoms with E-state index in [2.05, 4.69) is 14.7 Å². The third-order valence-corrected chi connectivity index (χ3v) is 3.99. The maximum atomic E-state index is 11.2. The number of nitrogens with one attached hydrogen (secondary N) is 1. The van der Waals surface area contributed by atoms with E-state index in [1.54, 1.807) is 0 Å². The molecule has 2 N–H and O–H groups in total. The summed E-state index contributed by atoms with van der Waals surface area (Å²) >= 11 is 1.28. The van der Waals surface area contributed by atoms with Crippen LogP contribution in [0.4, 0.5) is 5.13 Å².